The highest BCUT2D eigenvalue weighted by Gasteiger charge is 2.15. The minimum Gasteiger partial charge on any atom is -0.496 e. The van der Waals surface area contributed by atoms with Gasteiger partial charge in [0.15, 0.2) is 6.29 Å². The molecule has 0 aliphatic carbocycles. The van der Waals surface area contributed by atoms with Gasteiger partial charge in [-0.15, -0.1) is 0 Å². The van der Waals surface area contributed by atoms with Crippen molar-refractivity contribution in [3.8, 4) is 17.0 Å². The van der Waals surface area contributed by atoms with Gasteiger partial charge < -0.3 is 9.30 Å². The Morgan fingerprint density at radius 1 is 1.47 bits per heavy atom. The van der Waals surface area contributed by atoms with Crippen molar-refractivity contribution in [1.29, 1.82) is 0 Å². The maximum absolute atomic E-state index is 11.0. The van der Waals surface area contributed by atoms with Crippen LogP contribution in [0.1, 0.15) is 10.5 Å². The molecule has 0 amide bonds. The summed E-state index contributed by atoms with van der Waals surface area (Å²) in [5.41, 5.74) is 1.77. The van der Waals surface area contributed by atoms with Crippen molar-refractivity contribution in [1.82, 2.24) is 9.55 Å². The van der Waals surface area contributed by atoms with Crippen LogP contribution in [-0.2, 0) is 7.05 Å². The predicted molar refractivity (Wildman–Crippen MR) is 65.6 cm³/mol. The molecule has 0 unspecified atom stereocenters. The lowest BCUT2D eigenvalue weighted by Crippen LogP contribution is -1.96. The Morgan fingerprint density at radius 3 is 2.88 bits per heavy atom. The van der Waals surface area contributed by atoms with Gasteiger partial charge in [-0.05, 0) is 18.2 Å². The van der Waals surface area contributed by atoms with Crippen LogP contribution in [-0.4, -0.2) is 22.9 Å². The molecule has 0 radical (unpaired) electrons. The molecule has 88 valence electrons. The van der Waals surface area contributed by atoms with Gasteiger partial charge in [-0.2, -0.15) is 0 Å². The molecule has 5 heteroatoms. The summed E-state index contributed by atoms with van der Waals surface area (Å²) in [5.74, 6) is 0.635. The van der Waals surface area contributed by atoms with Crippen molar-refractivity contribution in [3.05, 3.63) is 35.2 Å². The molecular formula is C12H11ClN2O2. The predicted octanol–water partition coefficient (Wildman–Crippen LogP) is 2.56. The van der Waals surface area contributed by atoms with E-state index in [2.05, 4.69) is 4.98 Å². The number of rotatable bonds is 3. The van der Waals surface area contributed by atoms with E-state index in [0.717, 1.165) is 6.29 Å². The van der Waals surface area contributed by atoms with E-state index in [1.54, 1.807) is 43.3 Å². The summed E-state index contributed by atoms with van der Waals surface area (Å²) in [6.07, 6.45) is 2.35. The topological polar surface area (TPSA) is 44.1 Å². The summed E-state index contributed by atoms with van der Waals surface area (Å²) in [6, 6.07) is 5.21. The highest BCUT2D eigenvalue weighted by molar-refractivity contribution is 6.31. The number of carbonyl (C=O) groups is 1. The fourth-order valence-corrected chi connectivity index (χ4v) is 1.82. The van der Waals surface area contributed by atoms with Gasteiger partial charge in [-0.1, -0.05) is 11.6 Å². The highest BCUT2D eigenvalue weighted by atomic mass is 35.5. The molecule has 0 fully saturated rings. The largest absolute Gasteiger partial charge is 0.496 e. The van der Waals surface area contributed by atoms with Gasteiger partial charge in [-0.3, -0.25) is 4.79 Å². The number of aryl methyl sites for hydroxylation is 1. The van der Waals surface area contributed by atoms with Crippen molar-refractivity contribution in [2.75, 3.05) is 7.11 Å². The first kappa shape index (κ1) is 11.7. The lowest BCUT2D eigenvalue weighted by atomic mass is 10.1. The van der Waals surface area contributed by atoms with E-state index in [4.69, 9.17) is 16.3 Å². The Kier molecular flexibility index (Phi) is 3.15. The number of aldehydes is 1. The summed E-state index contributed by atoms with van der Waals surface area (Å²) < 4.78 is 6.90. The van der Waals surface area contributed by atoms with Gasteiger partial charge in [0.1, 0.15) is 17.1 Å². The zero-order valence-electron chi connectivity index (χ0n) is 9.48. The van der Waals surface area contributed by atoms with Gasteiger partial charge >= 0.3 is 0 Å². The highest BCUT2D eigenvalue weighted by Crippen LogP contribution is 2.32. The number of halogens is 1. The number of imidazole rings is 1. The second kappa shape index (κ2) is 4.59. The van der Waals surface area contributed by atoms with Gasteiger partial charge in [0, 0.05) is 17.6 Å². The maximum atomic E-state index is 11.0. The lowest BCUT2D eigenvalue weighted by Gasteiger charge is -2.07. The van der Waals surface area contributed by atoms with Crippen LogP contribution in [0.2, 0.25) is 5.02 Å². The number of benzene rings is 1. The van der Waals surface area contributed by atoms with Crippen LogP contribution >= 0.6 is 11.6 Å². The minimum absolute atomic E-state index is 0.491. The van der Waals surface area contributed by atoms with Gasteiger partial charge in [0.05, 0.1) is 13.4 Å². The Morgan fingerprint density at radius 2 is 2.24 bits per heavy atom. The number of nitrogens with zero attached hydrogens (tertiary/aromatic N) is 2. The molecule has 0 aliphatic rings. The first-order valence-electron chi connectivity index (χ1n) is 4.97. The smallest absolute Gasteiger partial charge is 0.168 e. The molecule has 0 N–H and O–H groups in total. The molecule has 17 heavy (non-hydrogen) atoms. The van der Waals surface area contributed by atoms with Crippen LogP contribution in [0.4, 0.5) is 0 Å². The quantitative estimate of drug-likeness (QED) is 0.787. The SMILES string of the molecule is COc1ccc(Cl)cc1-c1ncn(C)c1C=O. The summed E-state index contributed by atoms with van der Waals surface area (Å²) >= 11 is 5.95. The Balaban J connectivity index is 2.66. The fraction of sp³-hybridized carbons (Fsp3) is 0.167. The third-order valence-corrected chi connectivity index (χ3v) is 2.75. The first-order chi connectivity index (χ1) is 8.17. The first-order valence-corrected chi connectivity index (χ1v) is 5.35. The molecule has 0 saturated carbocycles. The average Bonchev–Trinajstić information content (AvgIpc) is 2.70. The molecule has 0 atom stereocenters. The molecule has 0 bridgehead atoms. The standard InChI is InChI=1S/C12H11ClN2O2/c1-15-7-14-12(10(15)6-16)9-5-8(13)3-4-11(9)17-2/h3-7H,1-2H3. The zero-order valence-corrected chi connectivity index (χ0v) is 10.2. The van der Waals surface area contributed by atoms with Crippen molar-refractivity contribution in [2.45, 2.75) is 0 Å². The second-order valence-corrected chi connectivity index (χ2v) is 3.99. The number of methoxy groups -OCH3 is 1. The minimum atomic E-state index is 0.491. The van der Waals surface area contributed by atoms with E-state index < -0.39 is 0 Å². The summed E-state index contributed by atoms with van der Waals surface area (Å²) in [4.78, 5) is 15.2. The Hall–Kier alpha value is -1.81. The molecular weight excluding hydrogens is 240 g/mol. The Labute approximate surface area is 104 Å². The average molecular weight is 251 g/mol. The van der Waals surface area contributed by atoms with Crippen LogP contribution in [0.15, 0.2) is 24.5 Å². The fourth-order valence-electron chi connectivity index (χ4n) is 1.65. The maximum Gasteiger partial charge on any atom is 0.168 e. The molecule has 1 heterocycles. The molecule has 0 aliphatic heterocycles. The van der Waals surface area contributed by atoms with Gasteiger partial charge in [-0.25, -0.2) is 4.98 Å². The van der Waals surface area contributed by atoms with Gasteiger partial charge in [0.25, 0.3) is 0 Å². The van der Waals surface area contributed by atoms with Crippen molar-refractivity contribution >= 4 is 17.9 Å². The normalized spacial score (nSPS) is 10.3. The molecule has 1 aromatic heterocycles. The molecule has 4 nitrogen and oxygen atoms in total. The van der Waals surface area contributed by atoms with E-state index in [-0.39, 0.29) is 0 Å². The Bertz CT molecular complexity index is 564. The number of carbonyl (C=O) groups excluding carboxylic acids is 1. The van der Waals surface area contributed by atoms with Crippen LogP contribution < -0.4 is 4.74 Å². The second-order valence-electron chi connectivity index (χ2n) is 3.55. The van der Waals surface area contributed by atoms with Crippen LogP contribution in [0.3, 0.4) is 0 Å². The van der Waals surface area contributed by atoms with Crippen LogP contribution in [0.25, 0.3) is 11.3 Å². The van der Waals surface area contributed by atoms with Crippen molar-refractivity contribution in [2.24, 2.45) is 7.05 Å². The van der Waals surface area contributed by atoms with Crippen LogP contribution in [0.5, 0.6) is 5.75 Å². The number of aromatic nitrogens is 2. The number of hydrogen-bond acceptors (Lipinski definition) is 3. The molecule has 2 aromatic rings. The van der Waals surface area contributed by atoms with Gasteiger partial charge in [0.2, 0.25) is 0 Å². The van der Waals surface area contributed by atoms with Crippen molar-refractivity contribution < 1.29 is 9.53 Å². The molecule has 1 aromatic carbocycles. The third-order valence-electron chi connectivity index (χ3n) is 2.51. The molecule has 2 rings (SSSR count). The van der Waals surface area contributed by atoms with Crippen molar-refractivity contribution in [3.63, 3.8) is 0 Å². The molecule has 0 spiro atoms. The van der Waals surface area contributed by atoms with Crippen LogP contribution in [0, 0.1) is 0 Å². The van der Waals surface area contributed by atoms with E-state index in [9.17, 15) is 4.79 Å². The molecule has 0 saturated heterocycles. The number of hydrogen-bond donors (Lipinski definition) is 0. The summed E-state index contributed by atoms with van der Waals surface area (Å²) in [7, 11) is 3.33. The van der Waals surface area contributed by atoms with E-state index in [1.807, 2.05) is 0 Å². The third kappa shape index (κ3) is 2.03. The van der Waals surface area contributed by atoms with E-state index in [0.29, 0.717) is 27.7 Å². The van der Waals surface area contributed by atoms with E-state index >= 15 is 0 Å². The number of ether oxygens (including phenoxy) is 1. The zero-order chi connectivity index (χ0) is 12.4. The van der Waals surface area contributed by atoms with E-state index in [1.165, 1.54) is 0 Å². The lowest BCUT2D eigenvalue weighted by molar-refractivity contribution is 0.111. The summed E-state index contributed by atoms with van der Waals surface area (Å²) in [6.45, 7) is 0. The summed E-state index contributed by atoms with van der Waals surface area (Å²) in [5, 5.41) is 0.573. The monoisotopic (exact) mass is 250 g/mol.